The Morgan fingerprint density at radius 2 is 1.90 bits per heavy atom. The van der Waals surface area contributed by atoms with Gasteiger partial charge in [-0.3, -0.25) is 14.3 Å². The van der Waals surface area contributed by atoms with Crippen molar-refractivity contribution in [2.75, 3.05) is 10.6 Å². The summed E-state index contributed by atoms with van der Waals surface area (Å²) in [4.78, 5) is 26.7. The zero-order valence-electron chi connectivity index (χ0n) is 16.8. The number of aryl methyl sites for hydroxylation is 1. The fraction of sp³-hybridized carbons (Fsp3) is 0.227. The van der Waals surface area contributed by atoms with Gasteiger partial charge in [-0.15, -0.1) is 0 Å². The van der Waals surface area contributed by atoms with E-state index < -0.39 is 10.7 Å². The summed E-state index contributed by atoms with van der Waals surface area (Å²) in [6.07, 6.45) is 0. The van der Waals surface area contributed by atoms with Crippen molar-refractivity contribution >= 4 is 35.0 Å². The van der Waals surface area contributed by atoms with Crippen LogP contribution in [0.1, 0.15) is 23.9 Å². The van der Waals surface area contributed by atoms with Gasteiger partial charge >= 0.3 is 0 Å². The number of aromatic nitrogens is 2. The molecule has 1 unspecified atom stereocenters. The molecule has 0 saturated heterocycles. The molecule has 8 heteroatoms. The lowest BCUT2D eigenvalue weighted by atomic mass is 10.1. The molecule has 0 radical (unpaired) electrons. The quantitative estimate of drug-likeness (QED) is 0.618. The number of nitrogens with zero attached hydrogens (tertiary/aromatic N) is 2. The highest BCUT2D eigenvalue weighted by Crippen LogP contribution is 2.43. The Hall–Kier alpha value is -3.13. The predicted molar refractivity (Wildman–Crippen MR) is 115 cm³/mol. The van der Waals surface area contributed by atoms with Crippen LogP contribution < -0.4 is 10.6 Å². The minimum Gasteiger partial charge on any atom is -0.323 e. The summed E-state index contributed by atoms with van der Waals surface area (Å²) in [7, 11) is 0. The van der Waals surface area contributed by atoms with Gasteiger partial charge < -0.3 is 10.6 Å². The zero-order chi connectivity index (χ0) is 21.5. The maximum atomic E-state index is 14.0. The normalized spacial score (nSPS) is 17.9. The van der Waals surface area contributed by atoms with E-state index in [2.05, 4.69) is 15.7 Å². The van der Waals surface area contributed by atoms with E-state index in [4.69, 9.17) is 0 Å². The Morgan fingerprint density at radius 1 is 1.20 bits per heavy atom. The Bertz CT molecular complexity index is 1160. The topological polar surface area (TPSA) is 76.0 Å². The van der Waals surface area contributed by atoms with E-state index in [1.54, 1.807) is 42.8 Å². The minimum absolute atomic E-state index is 0.245. The fourth-order valence-electron chi connectivity index (χ4n) is 3.37. The van der Waals surface area contributed by atoms with Gasteiger partial charge in [0.15, 0.2) is 4.75 Å². The van der Waals surface area contributed by atoms with Gasteiger partial charge in [0.1, 0.15) is 5.82 Å². The third kappa shape index (κ3) is 3.47. The van der Waals surface area contributed by atoms with E-state index in [1.165, 1.54) is 17.8 Å². The number of carbonyl (C=O) groups is 2. The van der Waals surface area contributed by atoms with Crippen LogP contribution in [0.15, 0.2) is 53.4 Å². The van der Waals surface area contributed by atoms with Gasteiger partial charge in [0.25, 0.3) is 0 Å². The molecule has 2 amide bonds. The van der Waals surface area contributed by atoms with Gasteiger partial charge in [-0.25, -0.2) is 4.39 Å². The Labute approximate surface area is 177 Å². The lowest BCUT2D eigenvalue weighted by Gasteiger charge is -2.31. The van der Waals surface area contributed by atoms with Crippen molar-refractivity contribution < 1.29 is 14.0 Å². The van der Waals surface area contributed by atoms with Gasteiger partial charge in [-0.1, -0.05) is 42.1 Å². The highest BCUT2D eigenvalue weighted by Gasteiger charge is 2.46. The first-order chi connectivity index (χ1) is 14.3. The SMILES string of the molecule is Cc1nn(Cc2ccccc2F)c(C)c1NC(=O)C1(C)Sc2ccccc2NC1=O. The molecule has 30 heavy (non-hydrogen) atoms. The van der Waals surface area contributed by atoms with Gasteiger partial charge in [0.05, 0.1) is 29.3 Å². The second-order valence-corrected chi connectivity index (χ2v) is 8.80. The van der Waals surface area contributed by atoms with E-state index in [9.17, 15) is 14.0 Å². The molecule has 1 aliphatic rings. The van der Waals surface area contributed by atoms with Crippen LogP contribution in [0.3, 0.4) is 0 Å². The van der Waals surface area contributed by atoms with Crippen molar-refractivity contribution in [3.8, 4) is 0 Å². The molecule has 2 aromatic carbocycles. The van der Waals surface area contributed by atoms with Crippen LogP contribution in [-0.4, -0.2) is 26.3 Å². The maximum absolute atomic E-state index is 14.0. The van der Waals surface area contributed by atoms with Crippen molar-refractivity contribution in [3.63, 3.8) is 0 Å². The van der Waals surface area contributed by atoms with E-state index in [0.29, 0.717) is 28.3 Å². The number of anilines is 2. The smallest absolute Gasteiger partial charge is 0.250 e. The maximum Gasteiger partial charge on any atom is 0.250 e. The highest BCUT2D eigenvalue weighted by atomic mass is 32.2. The molecule has 0 spiro atoms. The molecule has 4 rings (SSSR count). The second kappa shape index (κ2) is 7.60. The molecule has 1 aromatic heterocycles. The third-order valence-corrected chi connectivity index (χ3v) is 6.57. The number of hydrogen-bond donors (Lipinski definition) is 2. The van der Waals surface area contributed by atoms with Gasteiger partial charge in [0, 0.05) is 10.5 Å². The lowest BCUT2D eigenvalue weighted by molar-refractivity contribution is -0.126. The molecular formula is C22H21FN4O2S. The molecule has 0 saturated carbocycles. The molecule has 0 aliphatic carbocycles. The number of amides is 2. The molecule has 1 atom stereocenters. The van der Waals surface area contributed by atoms with Crippen LogP contribution >= 0.6 is 11.8 Å². The summed E-state index contributed by atoms with van der Waals surface area (Å²) in [5, 5.41) is 10.1. The van der Waals surface area contributed by atoms with Crippen molar-refractivity contribution in [3.05, 3.63) is 71.3 Å². The second-order valence-electron chi connectivity index (χ2n) is 7.33. The monoisotopic (exact) mass is 424 g/mol. The summed E-state index contributed by atoms with van der Waals surface area (Å²) in [6, 6.07) is 13.9. The molecule has 154 valence electrons. The van der Waals surface area contributed by atoms with Crippen molar-refractivity contribution in [2.45, 2.75) is 37.0 Å². The average molecular weight is 425 g/mol. The first kappa shape index (κ1) is 20.2. The van der Waals surface area contributed by atoms with Gasteiger partial charge in [0.2, 0.25) is 11.8 Å². The molecule has 3 aromatic rings. The van der Waals surface area contributed by atoms with Crippen molar-refractivity contribution in [1.29, 1.82) is 0 Å². The lowest BCUT2D eigenvalue weighted by Crippen LogP contribution is -2.49. The van der Waals surface area contributed by atoms with Crippen LogP contribution in [0, 0.1) is 19.7 Å². The number of halogens is 1. The summed E-state index contributed by atoms with van der Waals surface area (Å²) in [5.41, 5.74) is 3.02. The number of carbonyl (C=O) groups excluding carboxylic acids is 2. The average Bonchev–Trinajstić information content (AvgIpc) is 2.98. The van der Waals surface area contributed by atoms with Crippen LogP contribution in [0.4, 0.5) is 15.8 Å². The molecule has 2 heterocycles. The molecule has 6 nitrogen and oxygen atoms in total. The van der Waals surface area contributed by atoms with Crippen LogP contribution in [0.2, 0.25) is 0 Å². The summed E-state index contributed by atoms with van der Waals surface area (Å²) >= 11 is 1.22. The van der Waals surface area contributed by atoms with Gasteiger partial charge in [-0.05, 0) is 39.0 Å². The van der Waals surface area contributed by atoms with E-state index >= 15 is 0 Å². The standard InChI is InChI=1S/C22H21FN4O2S/c1-13-19(14(2)27(26-13)12-15-8-4-5-9-16(15)23)25-21(29)22(3)20(28)24-17-10-6-7-11-18(17)30-22/h4-11H,12H2,1-3H3,(H,24,28)(H,25,29). The predicted octanol–water partition coefficient (Wildman–Crippen LogP) is 4.13. The number of fused-ring (bicyclic) bond motifs is 1. The molecule has 0 fully saturated rings. The van der Waals surface area contributed by atoms with E-state index in [-0.39, 0.29) is 18.3 Å². The Kier molecular flexibility index (Phi) is 5.11. The minimum atomic E-state index is -1.33. The molecule has 2 N–H and O–H groups in total. The summed E-state index contributed by atoms with van der Waals surface area (Å²) < 4.78 is 14.3. The number of benzene rings is 2. The molecular weight excluding hydrogens is 403 g/mol. The van der Waals surface area contributed by atoms with Crippen LogP contribution in [0.25, 0.3) is 0 Å². The largest absolute Gasteiger partial charge is 0.323 e. The number of para-hydroxylation sites is 1. The number of nitrogens with one attached hydrogen (secondary N) is 2. The van der Waals surface area contributed by atoms with E-state index in [1.807, 2.05) is 25.1 Å². The fourth-order valence-corrected chi connectivity index (χ4v) is 4.47. The number of rotatable bonds is 4. The van der Waals surface area contributed by atoms with Crippen molar-refractivity contribution in [1.82, 2.24) is 9.78 Å². The number of thioether (sulfide) groups is 1. The van der Waals surface area contributed by atoms with Crippen LogP contribution in [0.5, 0.6) is 0 Å². The third-order valence-electron chi connectivity index (χ3n) is 5.21. The van der Waals surface area contributed by atoms with Gasteiger partial charge in [-0.2, -0.15) is 5.10 Å². The highest BCUT2D eigenvalue weighted by molar-refractivity contribution is 8.02. The van der Waals surface area contributed by atoms with Crippen molar-refractivity contribution in [2.24, 2.45) is 0 Å². The summed E-state index contributed by atoms with van der Waals surface area (Å²) in [6.45, 7) is 5.43. The Morgan fingerprint density at radius 3 is 2.67 bits per heavy atom. The molecule has 0 bridgehead atoms. The number of hydrogen-bond acceptors (Lipinski definition) is 4. The first-order valence-electron chi connectivity index (χ1n) is 9.48. The molecule has 1 aliphatic heterocycles. The Balaban J connectivity index is 1.59. The summed E-state index contributed by atoms with van der Waals surface area (Å²) in [5.74, 6) is -1.12. The van der Waals surface area contributed by atoms with E-state index in [0.717, 1.165) is 4.90 Å². The zero-order valence-corrected chi connectivity index (χ0v) is 17.6. The van der Waals surface area contributed by atoms with Crippen LogP contribution in [-0.2, 0) is 16.1 Å². The first-order valence-corrected chi connectivity index (χ1v) is 10.3.